The fraction of sp³-hybridized carbons (Fsp3) is 0.333. The van der Waals surface area contributed by atoms with Gasteiger partial charge in [-0.15, -0.1) is 0 Å². The molecule has 0 fully saturated rings. The normalized spacial score (nSPS) is 20.1. The Bertz CT molecular complexity index is 924. The number of carbonyl (C=O) groups is 1. The van der Waals surface area contributed by atoms with Gasteiger partial charge in [-0.3, -0.25) is 4.79 Å². The minimum Gasteiger partial charge on any atom is -0.360 e. The molecule has 1 aliphatic heterocycles. The van der Waals surface area contributed by atoms with E-state index in [1.165, 1.54) is 5.69 Å². The Hall–Kier alpha value is -2.60. The number of hydrogen-bond donors (Lipinski definition) is 2. The maximum atomic E-state index is 12.5. The minimum absolute atomic E-state index is 0.185. The predicted molar refractivity (Wildman–Crippen MR) is 92.1 cm³/mol. The second kappa shape index (κ2) is 5.49. The van der Waals surface area contributed by atoms with Crippen molar-refractivity contribution in [3.05, 3.63) is 47.3 Å². The molecule has 0 aliphatic carbocycles. The van der Waals surface area contributed by atoms with Gasteiger partial charge in [-0.2, -0.15) is 0 Å². The Labute approximate surface area is 139 Å². The molecule has 2 N–H and O–H groups in total. The summed E-state index contributed by atoms with van der Waals surface area (Å²) in [4.78, 5) is 12.5. The van der Waals surface area contributed by atoms with Gasteiger partial charge in [0.15, 0.2) is 5.82 Å². The molecule has 0 bridgehead atoms. The lowest BCUT2D eigenvalue weighted by atomic mass is 10.1. The average molecular weight is 324 g/mol. The van der Waals surface area contributed by atoms with Crippen molar-refractivity contribution in [3.63, 3.8) is 0 Å². The second-order valence-corrected chi connectivity index (χ2v) is 6.47. The third kappa shape index (κ3) is 2.39. The number of anilines is 1. The first-order valence-electron chi connectivity index (χ1n) is 8.15. The van der Waals surface area contributed by atoms with Gasteiger partial charge in [0.1, 0.15) is 5.76 Å². The summed E-state index contributed by atoms with van der Waals surface area (Å²) in [6.45, 7) is 7.02. The highest BCUT2D eigenvalue weighted by Crippen LogP contribution is 2.29. The van der Waals surface area contributed by atoms with Crippen LogP contribution in [0.15, 0.2) is 34.9 Å². The van der Waals surface area contributed by atoms with Crippen LogP contribution in [0.2, 0.25) is 0 Å². The minimum atomic E-state index is -0.185. The molecule has 4 rings (SSSR count). The van der Waals surface area contributed by atoms with Crippen LogP contribution >= 0.6 is 0 Å². The van der Waals surface area contributed by atoms with Gasteiger partial charge < -0.3 is 19.7 Å². The lowest BCUT2D eigenvalue weighted by Gasteiger charge is -2.31. The van der Waals surface area contributed by atoms with Gasteiger partial charge in [0, 0.05) is 41.5 Å². The number of nitrogens with zero attached hydrogens (tertiary/aromatic N) is 2. The quantitative estimate of drug-likeness (QED) is 0.759. The third-order valence-electron chi connectivity index (χ3n) is 4.79. The van der Waals surface area contributed by atoms with Crippen molar-refractivity contribution < 1.29 is 9.32 Å². The zero-order valence-corrected chi connectivity index (χ0v) is 14.0. The van der Waals surface area contributed by atoms with Crippen molar-refractivity contribution in [2.24, 2.45) is 0 Å². The van der Waals surface area contributed by atoms with Gasteiger partial charge in [0.25, 0.3) is 5.91 Å². The van der Waals surface area contributed by atoms with E-state index in [2.05, 4.69) is 40.3 Å². The van der Waals surface area contributed by atoms with E-state index in [1.54, 1.807) is 13.0 Å². The van der Waals surface area contributed by atoms with Crippen LogP contribution in [0.1, 0.15) is 41.7 Å². The monoisotopic (exact) mass is 324 g/mol. The van der Waals surface area contributed by atoms with Crippen molar-refractivity contribution in [1.29, 1.82) is 0 Å². The standard InChI is InChI=1S/C18H20N4O2/c1-10-6-17(21-24-10)20-18(23)14-5-4-13-7-15-9-19-11(2)12(3)22(15)16(13)8-14/h4-8,11-12,19H,9H2,1-3H3,(H,20,21,23). The fourth-order valence-corrected chi connectivity index (χ4v) is 3.31. The van der Waals surface area contributed by atoms with Gasteiger partial charge in [-0.05, 0) is 44.4 Å². The zero-order valence-electron chi connectivity index (χ0n) is 14.0. The zero-order chi connectivity index (χ0) is 16.8. The highest BCUT2D eigenvalue weighted by atomic mass is 16.5. The second-order valence-electron chi connectivity index (χ2n) is 6.47. The first kappa shape index (κ1) is 15.0. The molecule has 0 saturated carbocycles. The van der Waals surface area contributed by atoms with Gasteiger partial charge in [-0.25, -0.2) is 0 Å². The number of carbonyl (C=O) groups excluding carboxylic acids is 1. The van der Waals surface area contributed by atoms with Crippen molar-refractivity contribution in [3.8, 4) is 0 Å². The Morgan fingerprint density at radius 1 is 1.33 bits per heavy atom. The van der Waals surface area contributed by atoms with E-state index in [0.29, 0.717) is 29.2 Å². The molecule has 1 amide bonds. The van der Waals surface area contributed by atoms with E-state index >= 15 is 0 Å². The van der Waals surface area contributed by atoms with Crippen LogP contribution in [0.4, 0.5) is 5.82 Å². The molecule has 3 heterocycles. The molecule has 6 heteroatoms. The van der Waals surface area contributed by atoms with E-state index in [1.807, 2.05) is 18.2 Å². The summed E-state index contributed by atoms with van der Waals surface area (Å²) in [5.41, 5.74) is 2.96. The van der Waals surface area contributed by atoms with Crippen molar-refractivity contribution in [2.75, 3.05) is 5.32 Å². The van der Waals surface area contributed by atoms with Crippen LogP contribution in [0.5, 0.6) is 0 Å². The third-order valence-corrected chi connectivity index (χ3v) is 4.79. The fourth-order valence-electron chi connectivity index (χ4n) is 3.31. The van der Waals surface area contributed by atoms with E-state index in [4.69, 9.17) is 4.52 Å². The Morgan fingerprint density at radius 3 is 2.92 bits per heavy atom. The van der Waals surface area contributed by atoms with Crippen LogP contribution in [-0.2, 0) is 6.54 Å². The van der Waals surface area contributed by atoms with Gasteiger partial charge in [0.2, 0.25) is 0 Å². The number of aromatic nitrogens is 2. The molecular weight excluding hydrogens is 304 g/mol. The summed E-state index contributed by atoms with van der Waals surface area (Å²) < 4.78 is 7.31. The molecule has 124 valence electrons. The largest absolute Gasteiger partial charge is 0.360 e. The number of benzene rings is 1. The van der Waals surface area contributed by atoms with Gasteiger partial charge in [-0.1, -0.05) is 11.2 Å². The summed E-state index contributed by atoms with van der Waals surface area (Å²) in [5.74, 6) is 0.910. The van der Waals surface area contributed by atoms with Crippen molar-refractivity contribution >= 4 is 22.6 Å². The number of amides is 1. The van der Waals surface area contributed by atoms with E-state index in [-0.39, 0.29) is 5.91 Å². The van der Waals surface area contributed by atoms with Gasteiger partial charge in [0.05, 0.1) is 0 Å². The van der Waals surface area contributed by atoms with Crippen LogP contribution < -0.4 is 10.6 Å². The highest BCUT2D eigenvalue weighted by molar-refractivity contribution is 6.05. The predicted octanol–water partition coefficient (Wildman–Crippen LogP) is 3.24. The number of rotatable bonds is 2. The maximum Gasteiger partial charge on any atom is 0.256 e. The van der Waals surface area contributed by atoms with Crippen molar-refractivity contribution in [2.45, 2.75) is 39.4 Å². The molecule has 2 atom stereocenters. The van der Waals surface area contributed by atoms with Crippen LogP contribution in [0, 0.1) is 6.92 Å². The lowest BCUT2D eigenvalue weighted by molar-refractivity contribution is 0.102. The molecule has 0 spiro atoms. The number of nitrogens with one attached hydrogen (secondary N) is 2. The molecular formula is C18H20N4O2. The van der Waals surface area contributed by atoms with E-state index in [9.17, 15) is 4.79 Å². The number of fused-ring (bicyclic) bond motifs is 3. The summed E-state index contributed by atoms with van der Waals surface area (Å²) >= 11 is 0. The average Bonchev–Trinajstić information content (AvgIpc) is 3.13. The SMILES string of the molecule is Cc1cc(NC(=O)c2ccc3cc4n(c3c2)C(C)C(C)NC4)no1. The van der Waals surface area contributed by atoms with Crippen LogP contribution in [0.25, 0.3) is 10.9 Å². The molecule has 0 saturated heterocycles. The summed E-state index contributed by atoms with van der Waals surface area (Å²) in [6.07, 6.45) is 0. The first-order chi connectivity index (χ1) is 11.5. The Kier molecular flexibility index (Phi) is 3.42. The molecule has 3 aromatic rings. The highest BCUT2D eigenvalue weighted by Gasteiger charge is 2.24. The molecule has 1 aromatic carbocycles. The topological polar surface area (TPSA) is 72.1 Å². The number of hydrogen-bond acceptors (Lipinski definition) is 4. The molecule has 0 radical (unpaired) electrons. The maximum absolute atomic E-state index is 12.5. The van der Waals surface area contributed by atoms with E-state index in [0.717, 1.165) is 17.4 Å². The summed E-state index contributed by atoms with van der Waals surface area (Å²) in [7, 11) is 0. The molecule has 1 aliphatic rings. The van der Waals surface area contributed by atoms with E-state index < -0.39 is 0 Å². The Morgan fingerprint density at radius 2 is 2.17 bits per heavy atom. The molecule has 2 aromatic heterocycles. The molecule has 24 heavy (non-hydrogen) atoms. The van der Waals surface area contributed by atoms with Crippen LogP contribution in [0.3, 0.4) is 0 Å². The molecule has 2 unspecified atom stereocenters. The number of aryl methyl sites for hydroxylation is 1. The summed E-state index contributed by atoms with van der Waals surface area (Å²) in [6, 6.07) is 10.4. The van der Waals surface area contributed by atoms with Gasteiger partial charge >= 0.3 is 0 Å². The summed E-state index contributed by atoms with van der Waals surface area (Å²) in [5, 5.41) is 11.2. The lowest BCUT2D eigenvalue weighted by Crippen LogP contribution is -2.39. The molecule has 6 nitrogen and oxygen atoms in total. The Balaban J connectivity index is 1.71. The van der Waals surface area contributed by atoms with Crippen molar-refractivity contribution in [1.82, 2.24) is 15.0 Å². The first-order valence-corrected chi connectivity index (χ1v) is 8.15. The van der Waals surface area contributed by atoms with Crippen LogP contribution in [-0.4, -0.2) is 21.7 Å². The smallest absolute Gasteiger partial charge is 0.256 e.